The van der Waals surface area contributed by atoms with Crippen molar-refractivity contribution >= 4 is 26.5 Å². The summed E-state index contributed by atoms with van der Waals surface area (Å²) in [6, 6.07) is 18.2. The van der Waals surface area contributed by atoms with Gasteiger partial charge in [-0.2, -0.15) is 0 Å². The van der Waals surface area contributed by atoms with Gasteiger partial charge in [-0.05, 0) is 50.5 Å². The van der Waals surface area contributed by atoms with Crippen molar-refractivity contribution in [3.05, 3.63) is 77.7 Å². The summed E-state index contributed by atoms with van der Waals surface area (Å²) >= 11 is 0. The Morgan fingerprint density at radius 3 is 2.86 bits per heavy atom. The third-order valence-corrected chi connectivity index (χ3v) is 7.43. The SMILES string of the molecule is C#CC(C)(OC(=O)c1cccc(-[s+]2ccc3ccccc32)c1)C1C=CCCC1. The minimum absolute atomic E-state index is 0.0601. The molecule has 1 heterocycles. The van der Waals surface area contributed by atoms with E-state index in [1.807, 2.05) is 25.1 Å². The lowest BCUT2D eigenvalue weighted by atomic mass is 9.82. The molecule has 0 amide bonds. The first kappa shape index (κ1) is 18.5. The van der Waals surface area contributed by atoms with Gasteiger partial charge in [-0.15, -0.1) is 6.42 Å². The molecule has 3 aromatic rings. The number of fused-ring (bicyclic) bond motifs is 1. The van der Waals surface area contributed by atoms with Crippen LogP contribution in [0.3, 0.4) is 0 Å². The largest absolute Gasteiger partial charge is 0.442 e. The van der Waals surface area contributed by atoms with Crippen LogP contribution in [0.5, 0.6) is 0 Å². The summed E-state index contributed by atoms with van der Waals surface area (Å²) in [5.41, 5.74) is -0.379. The average Bonchev–Trinajstić information content (AvgIpc) is 3.18. The molecule has 0 bridgehead atoms. The maximum atomic E-state index is 12.9. The maximum Gasteiger partial charge on any atom is 0.339 e. The van der Waals surface area contributed by atoms with E-state index < -0.39 is 5.60 Å². The molecular weight excluding hydrogens is 364 g/mol. The van der Waals surface area contributed by atoms with Gasteiger partial charge in [0, 0.05) is 33.9 Å². The number of esters is 1. The molecule has 0 saturated heterocycles. The Bertz CT molecular complexity index is 1090. The Kier molecular flexibility index (Phi) is 5.07. The van der Waals surface area contributed by atoms with Crippen molar-refractivity contribution in [2.45, 2.75) is 31.8 Å². The second kappa shape index (κ2) is 7.66. The number of benzene rings is 2. The van der Waals surface area contributed by atoms with Crippen molar-refractivity contribution < 1.29 is 9.53 Å². The van der Waals surface area contributed by atoms with Gasteiger partial charge in [0.2, 0.25) is 0 Å². The highest BCUT2D eigenvalue weighted by Crippen LogP contribution is 2.40. The molecule has 1 aliphatic rings. The summed E-state index contributed by atoms with van der Waals surface area (Å²) in [6.07, 6.45) is 13.1. The molecule has 0 aliphatic heterocycles. The summed E-state index contributed by atoms with van der Waals surface area (Å²) in [5, 5.41) is 3.44. The van der Waals surface area contributed by atoms with Crippen LogP contribution in [0.4, 0.5) is 0 Å². The number of rotatable bonds is 4. The smallest absolute Gasteiger partial charge is 0.339 e. The lowest BCUT2D eigenvalue weighted by Crippen LogP contribution is -2.38. The van der Waals surface area contributed by atoms with Crippen LogP contribution in [0, 0.1) is 18.3 Å². The summed E-state index contributed by atoms with van der Waals surface area (Å²) in [4.78, 5) is 14.0. The molecule has 4 rings (SSSR count). The fourth-order valence-electron chi connectivity index (χ4n) is 3.73. The van der Waals surface area contributed by atoms with Crippen molar-refractivity contribution in [1.29, 1.82) is 0 Å². The molecule has 2 nitrogen and oxygen atoms in total. The number of terminal acetylenes is 1. The zero-order valence-electron chi connectivity index (χ0n) is 15.9. The van der Waals surface area contributed by atoms with Gasteiger partial charge in [0.15, 0.2) is 15.2 Å². The van der Waals surface area contributed by atoms with Gasteiger partial charge in [0.1, 0.15) is 5.38 Å². The lowest BCUT2D eigenvalue weighted by molar-refractivity contribution is -0.00291. The average molecular weight is 388 g/mol. The molecule has 0 saturated carbocycles. The highest BCUT2D eigenvalue weighted by Gasteiger charge is 2.35. The molecule has 3 atom stereocenters. The van der Waals surface area contributed by atoms with Gasteiger partial charge in [0.05, 0.1) is 5.56 Å². The standard InChI is InChI=1S/C25H23O2S/c1-3-25(2,21-12-5-4-6-13-21)27-24(26)20-11-9-14-22(18-20)28-17-16-19-10-7-8-15-23(19)28/h1,5,7-12,14-18,21H,4,6,13H2,2H3/q+1. The summed E-state index contributed by atoms with van der Waals surface area (Å²) in [5.74, 6) is 2.43. The molecule has 2 aromatic carbocycles. The second-order valence-electron chi connectivity index (χ2n) is 7.31. The zero-order valence-corrected chi connectivity index (χ0v) is 16.7. The summed E-state index contributed by atoms with van der Waals surface area (Å²) < 4.78 is 7.14. The molecule has 1 aromatic heterocycles. The van der Waals surface area contributed by atoms with Gasteiger partial charge in [-0.25, -0.2) is 4.79 Å². The molecule has 1 aliphatic carbocycles. The highest BCUT2D eigenvalue weighted by molar-refractivity contribution is 7.43. The Morgan fingerprint density at radius 1 is 1.21 bits per heavy atom. The van der Waals surface area contributed by atoms with E-state index in [2.05, 4.69) is 53.8 Å². The van der Waals surface area contributed by atoms with Crippen molar-refractivity contribution in [2.24, 2.45) is 5.92 Å². The van der Waals surface area contributed by atoms with Crippen LogP contribution < -0.4 is 0 Å². The van der Waals surface area contributed by atoms with E-state index in [1.54, 1.807) is 6.07 Å². The molecule has 0 N–H and O–H groups in total. The van der Waals surface area contributed by atoms with E-state index in [4.69, 9.17) is 11.2 Å². The van der Waals surface area contributed by atoms with E-state index in [-0.39, 0.29) is 22.4 Å². The Hall–Kier alpha value is -2.83. The Balaban J connectivity index is 1.62. The summed E-state index contributed by atoms with van der Waals surface area (Å²) in [6.45, 7) is 1.84. The van der Waals surface area contributed by atoms with Crippen molar-refractivity contribution in [3.63, 3.8) is 0 Å². The van der Waals surface area contributed by atoms with Crippen LogP contribution in [0.25, 0.3) is 15.0 Å². The first-order valence-electron chi connectivity index (χ1n) is 9.59. The van der Waals surface area contributed by atoms with Crippen molar-refractivity contribution in [1.82, 2.24) is 0 Å². The van der Waals surface area contributed by atoms with E-state index >= 15 is 0 Å². The van der Waals surface area contributed by atoms with E-state index in [1.165, 1.54) is 10.1 Å². The van der Waals surface area contributed by atoms with Gasteiger partial charge in [0.25, 0.3) is 0 Å². The number of allylic oxidation sites excluding steroid dienone is 1. The van der Waals surface area contributed by atoms with E-state index in [0.29, 0.717) is 5.56 Å². The van der Waals surface area contributed by atoms with Crippen LogP contribution in [-0.4, -0.2) is 11.6 Å². The third kappa shape index (κ3) is 3.48. The fraction of sp³-hybridized carbons (Fsp3) is 0.240. The second-order valence-corrected chi connectivity index (χ2v) is 9.17. The molecule has 140 valence electrons. The van der Waals surface area contributed by atoms with Crippen LogP contribution >= 0.6 is 10.5 Å². The molecule has 3 heteroatoms. The zero-order chi connectivity index (χ0) is 19.6. The summed E-state index contributed by atoms with van der Waals surface area (Å²) in [7, 11) is -0.161. The Morgan fingerprint density at radius 2 is 2.07 bits per heavy atom. The molecule has 3 unspecified atom stereocenters. The molecular formula is C25H23O2S+. The number of hydrogen-bond acceptors (Lipinski definition) is 2. The predicted molar refractivity (Wildman–Crippen MR) is 117 cm³/mol. The molecule has 0 fully saturated rings. The van der Waals surface area contributed by atoms with Crippen LogP contribution in [0.15, 0.2) is 72.1 Å². The molecule has 0 radical (unpaired) electrons. The van der Waals surface area contributed by atoms with Gasteiger partial charge in [-0.3, -0.25) is 0 Å². The number of hydrogen-bond donors (Lipinski definition) is 0. The number of thiophene rings is 1. The number of ether oxygens (including phenoxy) is 1. The van der Waals surface area contributed by atoms with Gasteiger partial charge < -0.3 is 4.74 Å². The van der Waals surface area contributed by atoms with Crippen LogP contribution in [0.1, 0.15) is 36.5 Å². The third-order valence-electron chi connectivity index (χ3n) is 5.42. The highest BCUT2D eigenvalue weighted by atomic mass is 32.2. The molecule has 28 heavy (non-hydrogen) atoms. The van der Waals surface area contributed by atoms with E-state index in [9.17, 15) is 4.79 Å². The number of carbonyl (C=O) groups is 1. The fourth-order valence-corrected chi connectivity index (χ4v) is 5.67. The first-order valence-corrected chi connectivity index (χ1v) is 10.9. The minimum atomic E-state index is -0.924. The van der Waals surface area contributed by atoms with E-state index in [0.717, 1.165) is 24.2 Å². The minimum Gasteiger partial charge on any atom is -0.442 e. The normalized spacial score (nSPS) is 19.0. The van der Waals surface area contributed by atoms with Crippen LogP contribution in [0.2, 0.25) is 0 Å². The van der Waals surface area contributed by atoms with Crippen molar-refractivity contribution in [3.8, 4) is 17.2 Å². The van der Waals surface area contributed by atoms with Crippen LogP contribution in [-0.2, 0) is 4.74 Å². The maximum absolute atomic E-state index is 12.9. The van der Waals surface area contributed by atoms with Crippen molar-refractivity contribution in [2.75, 3.05) is 0 Å². The monoisotopic (exact) mass is 387 g/mol. The predicted octanol–water partition coefficient (Wildman–Crippen LogP) is 6.48. The van der Waals surface area contributed by atoms with Gasteiger partial charge in [-0.1, -0.05) is 36.3 Å². The number of carbonyl (C=O) groups excluding carboxylic acids is 1. The first-order chi connectivity index (χ1) is 13.6. The Labute approximate surface area is 168 Å². The van der Waals surface area contributed by atoms with Gasteiger partial charge >= 0.3 is 5.97 Å². The quantitative estimate of drug-likeness (QED) is 0.221. The molecule has 0 spiro atoms. The lowest BCUT2D eigenvalue weighted by Gasteiger charge is -2.32. The topological polar surface area (TPSA) is 26.3 Å².